The minimum atomic E-state index is -0.354. The normalized spacial score (nSPS) is 23.0. The van der Waals surface area contributed by atoms with E-state index in [2.05, 4.69) is 5.32 Å². The van der Waals surface area contributed by atoms with E-state index in [0.717, 1.165) is 42.7 Å². The first-order chi connectivity index (χ1) is 11.2. The van der Waals surface area contributed by atoms with Crippen molar-refractivity contribution >= 4 is 12.0 Å². The summed E-state index contributed by atoms with van der Waals surface area (Å²) in [6, 6.07) is 7.71. The highest BCUT2D eigenvalue weighted by Gasteiger charge is 2.20. The molecule has 1 fully saturated rings. The number of nitriles is 1. The van der Waals surface area contributed by atoms with Gasteiger partial charge in [-0.1, -0.05) is 6.07 Å². The molecule has 0 aliphatic carbocycles. The zero-order chi connectivity index (χ0) is 16.2. The molecule has 3 rings (SSSR count). The molecule has 120 valence electrons. The zero-order valence-electron chi connectivity index (χ0n) is 13.2. The van der Waals surface area contributed by atoms with Gasteiger partial charge in [0, 0.05) is 19.6 Å². The van der Waals surface area contributed by atoms with E-state index in [0.29, 0.717) is 6.54 Å². The van der Waals surface area contributed by atoms with Crippen LogP contribution in [0.15, 0.2) is 23.8 Å². The lowest BCUT2D eigenvalue weighted by Crippen LogP contribution is -2.32. The van der Waals surface area contributed by atoms with Crippen molar-refractivity contribution in [2.75, 3.05) is 13.2 Å². The number of amides is 1. The van der Waals surface area contributed by atoms with Crippen LogP contribution in [0.25, 0.3) is 6.08 Å². The molecule has 0 radical (unpaired) electrons. The van der Waals surface area contributed by atoms with Crippen LogP contribution in [0.4, 0.5) is 0 Å². The molecule has 0 saturated carbocycles. The number of carbonyl (C=O) groups excluding carboxylic acids is 1. The smallest absolute Gasteiger partial charge is 0.262 e. The molecule has 2 aliphatic heterocycles. The maximum Gasteiger partial charge on any atom is 0.262 e. The fourth-order valence-electron chi connectivity index (χ4n) is 2.95. The van der Waals surface area contributed by atoms with Gasteiger partial charge in [0.2, 0.25) is 0 Å². The Morgan fingerprint density at radius 3 is 3.13 bits per heavy atom. The molecule has 1 saturated heterocycles. The van der Waals surface area contributed by atoms with Crippen molar-refractivity contribution in [2.24, 2.45) is 0 Å². The molecule has 23 heavy (non-hydrogen) atoms. The molecule has 5 nitrogen and oxygen atoms in total. The number of benzene rings is 1. The minimum Gasteiger partial charge on any atom is -0.490 e. The molecular formula is C18H20N2O3. The molecule has 2 aliphatic rings. The van der Waals surface area contributed by atoms with Crippen molar-refractivity contribution in [3.8, 4) is 11.8 Å². The van der Waals surface area contributed by atoms with Crippen LogP contribution in [0.5, 0.6) is 5.75 Å². The highest BCUT2D eigenvalue weighted by Crippen LogP contribution is 2.29. The Morgan fingerprint density at radius 1 is 1.52 bits per heavy atom. The Morgan fingerprint density at radius 2 is 2.39 bits per heavy atom. The molecular weight excluding hydrogens is 292 g/mol. The molecule has 2 atom stereocenters. The third kappa shape index (κ3) is 3.72. The van der Waals surface area contributed by atoms with Gasteiger partial charge in [0.25, 0.3) is 5.91 Å². The number of nitrogens with one attached hydrogen (secondary N) is 1. The summed E-state index contributed by atoms with van der Waals surface area (Å²) < 4.78 is 11.1. The van der Waals surface area contributed by atoms with Gasteiger partial charge in [0.15, 0.2) is 0 Å². The summed E-state index contributed by atoms with van der Waals surface area (Å²) in [6.45, 7) is 3.22. The molecule has 0 bridgehead atoms. The summed E-state index contributed by atoms with van der Waals surface area (Å²) in [5, 5.41) is 12.0. The van der Waals surface area contributed by atoms with Crippen LogP contribution in [-0.4, -0.2) is 31.3 Å². The van der Waals surface area contributed by atoms with Gasteiger partial charge in [-0.2, -0.15) is 5.26 Å². The van der Waals surface area contributed by atoms with E-state index in [1.165, 1.54) is 0 Å². The number of fused-ring (bicyclic) bond motifs is 1. The van der Waals surface area contributed by atoms with Gasteiger partial charge < -0.3 is 14.8 Å². The van der Waals surface area contributed by atoms with Crippen LogP contribution in [0.1, 0.15) is 30.9 Å². The number of nitrogens with zero attached hydrogens (tertiary/aromatic N) is 1. The van der Waals surface area contributed by atoms with Gasteiger partial charge in [0.1, 0.15) is 23.5 Å². The summed E-state index contributed by atoms with van der Waals surface area (Å²) in [6.07, 6.45) is 4.69. The van der Waals surface area contributed by atoms with Gasteiger partial charge in [-0.3, -0.25) is 4.79 Å². The molecule has 1 aromatic rings. The molecule has 1 amide bonds. The second kappa shape index (κ2) is 6.84. The maximum atomic E-state index is 12.1. The third-order valence-corrected chi connectivity index (χ3v) is 4.11. The topological polar surface area (TPSA) is 71.4 Å². The van der Waals surface area contributed by atoms with Crippen LogP contribution in [-0.2, 0) is 16.0 Å². The van der Waals surface area contributed by atoms with E-state index in [9.17, 15) is 10.1 Å². The molecule has 1 N–H and O–H groups in total. The number of hydrogen-bond donors (Lipinski definition) is 1. The summed E-state index contributed by atoms with van der Waals surface area (Å²) in [7, 11) is 0. The molecule has 2 heterocycles. The standard InChI is InChI=1S/C18H20N2O3/c1-12-7-14-8-13(4-5-17(14)23-12)9-15(10-19)18(21)20-11-16-3-2-6-22-16/h4-5,8-9,12,16H,2-3,6-7,11H2,1H3,(H,20,21). The lowest BCUT2D eigenvalue weighted by Gasteiger charge is -2.10. The SMILES string of the molecule is CC1Cc2cc(C=C(C#N)C(=O)NCC3CCCO3)ccc2O1. The summed E-state index contributed by atoms with van der Waals surface area (Å²) in [5.41, 5.74) is 2.06. The van der Waals surface area contributed by atoms with Gasteiger partial charge in [-0.25, -0.2) is 0 Å². The van der Waals surface area contributed by atoms with Crippen molar-refractivity contribution in [3.05, 3.63) is 34.9 Å². The molecule has 5 heteroatoms. The Kier molecular flexibility index (Phi) is 4.63. The lowest BCUT2D eigenvalue weighted by molar-refractivity contribution is -0.117. The van der Waals surface area contributed by atoms with E-state index in [4.69, 9.17) is 9.47 Å². The van der Waals surface area contributed by atoms with E-state index >= 15 is 0 Å². The van der Waals surface area contributed by atoms with Gasteiger partial charge in [-0.05, 0) is 49.1 Å². The second-order valence-electron chi connectivity index (χ2n) is 6.01. The van der Waals surface area contributed by atoms with Gasteiger partial charge >= 0.3 is 0 Å². The zero-order valence-corrected chi connectivity index (χ0v) is 13.2. The van der Waals surface area contributed by atoms with Crippen molar-refractivity contribution in [1.29, 1.82) is 5.26 Å². The minimum absolute atomic E-state index is 0.0672. The average molecular weight is 312 g/mol. The summed E-state index contributed by atoms with van der Waals surface area (Å²) >= 11 is 0. The number of ether oxygens (including phenoxy) is 2. The first-order valence-electron chi connectivity index (χ1n) is 7.97. The number of hydrogen-bond acceptors (Lipinski definition) is 4. The quantitative estimate of drug-likeness (QED) is 0.683. The third-order valence-electron chi connectivity index (χ3n) is 4.11. The highest BCUT2D eigenvalue weighted by molar-refractivity contribution is 6.01. The molecule has 0 aromatic heterocycles. The largest absolute Gasteiger partial charge is 0.490 e. The predicted octanol–water partition coefficient (Wildman–Crippen LogP) is 2.21. The van der Waals surface area contributed by atoms with Crippen LogP contribution in [0.2, 0.25) is 0 Å². The Balaban J connectivity index is 1.67. The van der Waals surface area contributed by atoms with Crippen LogP contribution in [0, 0.1) is 11.3 Å². The number of rotatable bonds is 4. The highest BCUT2D eigenvalue weighted by atomic mass is 16.5. The lowest BCUT2D eigenvalue weighted by atomic mass is 10.0. The first kappa shape index (κ1) is 15.6. The van der Waals surface area contributed by atoms with Gasteiger partial charge in [-0.15, -0.1) is 0 Å². The van der Waals surface area contributed by atoms with Crippen molar-refractivity contribution < 1.29 is 14.3 Å². The van der Waals surface area contributed by atoms with Crippen molar-refractivity contribution in [1.82, 2.24) is 5.32 Å². The maximum absolute atomic E-state index is 12.1. The van der Waals surface area contributed by atoms with Crippen molar-refractivity contribution in [2.45, 2.75) is 38.4 Å². The fraction of sp³-hybridized carbons (Fsp3) is 0.444. The van der Waals surface area contributed by atoms with Crippen LogP contribution < -0.4 is 10.1 Å². The first-order valence-corrected chi connectivity index (χ1v) is 7.97. The summed E-state index contributed by atoms with van der Waals surface area (Å²) in [5.74, 6) is 0.532. The Hall–Kier alpha value is -2.32. The molecule has 2 unspecified atom stereocenters. The molecule has 1 aromatic carbocycles. The molecule has 0 spiro atoms. The average Bonchev–Trinajstić information content (AvgIpc) is 3.18. The van der Waals surface area contributed by atoms with Crippen LogP contribution in [0.3, 0.4) is 0 Å². The fourth-order valence-corrected chi connectivity index (χ4v) is 2.95. The Bertz CT molecular complexity index is 669. The van der Waals surface area contributed by atoms with E-state index in [1.807, 2.05) is 31.2 Å². The van der Waals surface area contributed by atoms with Gasteiger partial charge in [0.05, 0.1) is 6.10 Å². The van der Waals surface area contributed by atoms with Crippen molar-refractivity contribution in [3.63, 3.8) is 0 Å². The summed E-state index contributed by atoms with van der Waals surface area (Å²) in [4.78, 5) is 12.1. The van der Waals surface area contributed by atoms with Crippen LogP contribution >= 0.6 is 0 Å². The number of carbonyl (C=O) groups is 1. The predicted molar refractivity (Wildman–Crippen MR) is 85.8 cm³/mol. The van der Waals surface area contributed by atoms with E-state index in [-0.39, 0.29) is 23.7 Å². The van der Waals surface area contributed by atoms with E-state index < -0.39 is 0 Å². The van der Waals surface area contributed by atoms with E-state index in [1.54, 1.807) is 6.08 Å². The monoisotopic (exact) mass is 312 g/mol. The Labute approximate surface area is 135 Å². The second-order valence-corrected chi connectivity index (χ2v) is 6.01.